The predicted molar refractivity (Wildman–Crippen MR) is 83.9 cm³/mol. The second-order valence-electron chi connectivity index (χ2n) is 5.18. The fourth-order valence-electron chi connectivity index (χ4n) is 2.01. The molecule has 0 saturated carbocycles. The number of unbranched alkanes of at least 4 members (excludes halogenated alkanes) is 2. The number of rotatable bonds is 8. The molecular weight excluding hydrogens is 284 g/mol. The molecule has 0 saturated heterocycles. The SMILES string of the molecule is CC(=O)NCCCCCC(=O)Nc1ccc(C)c(C(=O)O)c1. The van der Waals surface area contributed by atoms with Crippen molar-refractivity contribution in [2.75, 3.05) is 11.9 Å². The quantitative estimate of drug-likeness (QED) is 0.642. The first-order chi connectivity index (χ1) is 10.4. The summed E-state index contributed by atoms with van der Waals surface area (Å²) >= 11 is 0. The lowest BCUT2D eigenvalue weighted by Gasteiger charge is -2.08. The van der Waals surface area contributed by atoms with Crippen LogP contribution in [0.1, 0.15) is 48.5 Å². The third-order valence-electron chi connectivity index (χ3n) is 3.21. The Hall–Kier alpha value is -2.37. The van der Waals surface area contributed by atoms with E-state index in [9.17, 15) is 14.4 Å². The molecule has 0 fully saturated rings. The van der Waals surface area contributed by atoms with Crippen LogP contribution in [-0.4, -0.2) is 29.4 Å². The van der Waals surface area contributed by atoms with Gasteiger partial charge in [-0.3, -0.25) is 9.59 Å². The molecule has 1 aromatic rings. The van der Waals surface area contributed by atoms with Crippen molar-refractivity contribution in [3.63, 3.8) is 0 Å². The van der Waals surface area contributed by atoms with Gasteiger partial charge in [-0.2, -0.15) is 0 Å². The second kappa shape index (κ2) is 8.81. The van der Waals surface area contributed by atoms with Crippen molar-refractivity contribution in [3.05, 3.63) is 29.3 Å². The summed E-state index contributed by atoms with van der Waals surface area (Å²) in [5.41, 5.74) is 1.34. The molecule has 120 valence electrons. The highest BCUT2D eigenvalue weighted by atomic mass is 16.4. The van der Waals surface area contributed by atoms with Crippen LogP contribution >= 0.6 is 0 Å². The zero-order valence-electron chi connectivity index (χ0n) is 12.9. The number of amides is 2. The minimum Gasteiger partial charge on any atom is -0.478 e. The molecule has 6 heteroatoms. The third-order valence-corrected chi connectivity index (χ3v) is 3.21. The summed E-state index contributed by atoms with van der Waals surface area (Å²) in [6, 6.07) is 4.83. The van der Waals surface area contributed by atoms with E-state index in [1.165, 1.54) is 13.0 Å². The van der Waals surface area contributed by atoms with Gasteiger partial charge in [-0.15, -0.1) is 0 Å². The van der Waals surface area contributed by atoms with Crippen molar-refractivity contribution < 1.29 is 19.5 Å². The monoisotopic (exact) mass is 306 g/mol. The number of aryl methyl sites for hydroxylation is 1. The van der Waals surface area contributed by atoms with Crippen molar-refractivity contribution in [1.29, 1.82) is 0 Å². The van der Waals surface area contributed by atoms with Gasteiger partial charge in [0.2, 0.25) is 11.8 Å². The first-order valence-corrected chi connectivity index (χ1v) is 7.28. The second-order valence-corrected chi connectivity index (χ2v) is 5.18. The normalized spacial score (nSPS) is 10.1. The number of hydrogen-bond donors (Lipinski definition) is 3. The topological polar surface area (TPSA) is 95.5 Å². The molecule has 0 aromatic heterocycles. The Morgan fingerprint density at radius 2 is 1.86 bits per heavy atom. The molecule has 0 spiro atoms. The maximum atomic E-state index is 11.8. The van der Waals surface area contributed by atoms with Crippen LogP contribution < -0.4 is 10.6 Å². The number of aromatic carboxylic acids is 1. The molecule has 0 unspecified atom stereocenters. The number of anilines is 1. The van der Waals surface area contributed by atoms with Crippen molar-refractivity contribution in [2.45, 2.75) is 39.5 Å². The van der Waals surface area contributed by atoms with Gasteiger partial charge in [-0.05, 0) is 37.5 Å². The molecule has 0 aliphatic carbocycles. The van der Waals surface area contributed by atoms with Gasteiger partial charge < -0.3 is 15.7 Å². The number of carbonyl (C=O) groups excluding carboxylic acids is 2. The standard InChI is InChI=1S/C16H22N2O4/c1-11-7-8-13(10-14(11)16(21)22)18-15(20)6-4-3-5-9-17-12(2)19/h7-8,10H,3-6,9H2,1-2H3,(H,17,19)(H,18,20)(H,21,22). The van der Waals surface area contributed by atoms with E-state index in [1.54, 1.807) is 19.1 Å². The van der Waals surface area contributed by atoms with Crippen LogP contribution in [0.2, 0.25) is 0 Å². The summed E-state index contributed by atoms with van der Waals surface area (Å²) in [6.07, 6.45) is 2.78. The van der Waals surface area contributed by atoms with E-state index in [-0.39, 0.29) is 17.4 Å². The first-order valence-electron chi connectivity index (χ1n) is 7.28. The minimum absolute atomic E-state index is 0.0497. The number of nitrogens with one attached hydrogen (secondary N) is 2. The van der Waals surface area contributed by atoms with Crippen LogP contribution in [0.5, 0.6) is 0 Å². The molecule has 3 N–H and O–H groups in total. The van der Waals surface area contributed by atoms with Gasteiger partial charge in [-0.1, -0.05) is 12.5 Å². The fourth-order valence-corrected chi connectivity index (χ4v) is 2.01. The Labute approximate surface area is 129 Å². The highest BCUT2D eigenvalue weighted by molar-refractivity contribution is 5.94. The van der Waals surface area contributed by atoms with Crippen LogP contribution in [0.15, 0.2) is 18.2 Å². The highest BCUT2D eigenvalue weighted by Crippen LogP contribution is 2.16. The average Bonchev–Trinajstić information content (AvgIpc) is 2.44. The highest BCUT2D eigenvalue weighted by Gasteiger charge is 2.09. The number of carbonyl (C=O) groups is 3. The van der Waals surface area contributed by atoms with Crippen molar-refractivity contribution in [2.24, 2.45) is 0 Å². The number of carboxylic acids is 1. The lowest BCUT2D eigenvalue weighted by atomic mass is 10.1. The number of benzene rings is 1. The molecular formula is C16H22N2O4. The zero-order chi connectivity index (χ0) is 16.5. The maximum Gasteiger partial charge on any atom is 0.336 e. The summed E-state index contributed by atoms with van der Waals surface area (Å²) in [4.78, 5) is 33.5. The Bertz CT molecular complexity index is 555. The minimum atomic E-state index is -1.01. The van der Waals surface area contributed by atoms with Crippen LogP contribution in [0.3, 0.4) is 0 Å². The van der Waals surface area contributed by atoms with E-state index < -0.39 is 5.97 Å². The van der Waals surface area contributed by atoms with E-state index in [0.29, 0.717) is 24.2 Å². The molecule has 0 heterocycles. The molecule has 2 amide bonds. The van der Waals surface area contributed by atoms with E-state index in [2.05, 4.69) is 10.6 Å². The molecule has 0 bridgehead atoms. The van der Waals surface area contributed by atoms with E-state index in [0.717, 1.165) is 19.3 Å². The molecule has 0 radical (unpaired) electrons. The van der Waals surface area contributed by atoms with E-state index >= 15 is 0 Å². The third kappa shape index (κ3) is 6.39. The summed E-state index contributed by atoms with van der Waals surface area (Å²) in [5.74, 6) is -1.20. The van der Waals surface area contributed by atoms with E-state index in [1.807, 2.05) is 0 Å². The summed E-state index contributed by atoms with van der Waals surface area (Å²) < 4.78 is 0. The van der Waals surface area contributed by atoms with Gasteiger partial charge in [0, 0.05) is 25.6 Å². The summed E-state index contributed by atoms with van der Waals surface area (Å²) in [7, 11) is 0. The number of carboxylic acid groups (broad SMARTS) is 1. The lowest BCUT2D eigenvalue weighted by molar-refractivity contribution is -0.119. The van der Waals surface area contributed by atoms with Crippen molar-refractivity contribution in [3.8, 4) is 0 Å². The largest absolute Gasteiger partial charge is 0.478 e. The van der Waals surface area contributed by atoms with Gasteiger partial charge in [0.1, 0.15) is 0 Å². The summed E-state index contributed by atoms with van der Waals surface area (Å²) in [5, 5.41) is 14.4. The molecule has 0 aliphatic rings. The molecule has 1 rings (SSSR count). The van der Waals surface area contributed by atoms with Crippen LogP contribution in [0, 0.1) is 6.92 Å². The molecule has 22 heavy (non-hydrogen) atoms. The Morgan fingerprint density at radius 3 is 2.50 bits per heavy atom. The molecule has 6 nitrogen and oxygen atoms in total. The Morgan fingerprint density at radius 1 is 1.14 bits per heavy atom. The molecule has 1 aromatic carbocycles. The zero-order valence-corrected chi connectivity index (χ0v) is 12.9. The van der Waals surface area contributed by atoms with Gasteiger partial charge in [0.15, 0.2) is 0 Å². The van der Waals surface area contributed by atoms with Gasteiger partial charge in [0.05, 0.1) is 5.56 Å². The van der Waals surface area contributed by atoms with Gasteiger partial charge >= 0.3 is 5.97 Å². The number of hydrogen-bond acceptors (Lipinski definition) is 3. The maximum absolute atomic E-state index is 11.8. The predicted octanol–water partition coefficient (Wildman–Crippen LogP) is 2.33. The molecule has 0 aliphatic heterocycles. The first kappa shape index (κ1) is 17.7. The fraction of sp³-hybridized carbons (Fsp3) is 0.438. The lowest BCUT2D eigenvalue weighted by Crippen LogP contribution is -2.20. The Kier molecular flexibility index (Phi) is 7.08. The summed E-state index contributed by atoms with van der Waals surface area (Å²) in [6.45, 7) is 3.81. The van der Waals surface area contributed by atoms with Crippen LogP contribution in [0.4, 0.5) is 5.69 Å². The van der Waals surface area contributed by atoms with Gasteiger partial charge in [0.25, 0.3) is 0 Å². The van der Waals surface area contributed by atoms with Crippen LogP contribution in [0.25, 0.3) is 0 Å². The van der Waals surface area contributed by atoms with Crippen molar-refractivity contribution in [1.82, 2.24) is 5.32 Å². The van der Waals surface area contributed by atoms with Crippen LogP contribution in [-0.2, 0) is 9.59 Å². The van der Waals surface area contributed by atoms with E-state index in [4.69, 9.17) is 5.11 Å². The average molecular weight is 306 g/mol. The Balaban J connectivity index is 2.35. The molecule has 0 atom stereocenters. The smallest absolute Gasteiger partial charge is 0.336 e. The van der Waals surface area contributed by atoms with Crippen molar-refractivity contribution >= 4 is 23.5 Å². The van der Waals surface area contributed by atoms with Gasteiger partial charge in [-0.25, -0.2) is 4.79 Å².